The third-order valence-electron chi connectivity index (χ3n) is 4.80. The van der Waals surface area contributed by atoms with Crippen molar-refractivity contribution in [2.45, 2.75) is 6.61 Å². The molecule has 0 saturated heterocycles. The summed E-state index contributed by atoms with van der Waals surface area (Å²) in [6.45, 7) is 0.490. The molecule has 0 unspecified atom stereocenters. The van der Waals surface area contributed by atoms with E-state index in [-0.39, 0.29) is 11.4 Å². The van der Waals surface area contributed by atoms with E-state index in [9.17, 15) is 9.90 Å². The van der Waals surface area contributed by atoms with Crippen LogP contribution in [0.1, 0.15) is 21.6 Å². The normalized spacial score (nSPS) is 10.8. The molecule has 1 aromatic heterocycles. The van der Waals surface area contributed by atoms with E-state index in [1.807, 2.05) is 54.6 Å². The number of H-pyrrole nitrogens is 1. The van der Waals surface area contributed by atoms with Gasteiger partial charge in [-0.3, -0.25) is 9.89 Å². The number of phenolic OH excluding ortho intramolecular Hbond substituents is 1. The van der Waals surface area contributed by atoms with Crippen molar-refractivity contribution in [3.63, 3.8) is 0 Å². The fourth-order valence-electron chi connectivity index (χ4n) is 3.05. The van der Waals surface area contributed by atoms with Crippen molar-refractivity contribution in [1.29, 1.82) is 0 Å². The number of ether oxygens (including phenoxy) is 2. The average molecular weight is 442 g/mol. The largest absolute Gasteiger partial charge is 0.504 e. The number of carbonyl (C=O) groups excluding carboxylic acids is 1. The van der Waals surface area contributed by atoms with Gasteiger partial charge in [0.1, 0.15) is 18.1 Å². The van der Waals surface area contributed by atoms with Gasteiger partial charge < -0.3 is 14.6 Å². The molecule has 0 bridgehead atoms. The second-order valence-corrected chi connectivity index (χ2v) is 7.10. The fraction of sp³-hybridized carbons (Fsp3) is 0.0800. The molecule has 4 aromatic rings. The molecule has 0 saturated carbocycles. The van der Waals surface area contributed by atoms with Crippen LogP contribution in [-0.2, 0) is 6.61 Å². The summed E-state index contributed by atoms with van der Waals surface area (Å²) in [5.74, 6) is 0.661. The van der Waals surface area contributed by atoms with Crippen LogP contribution in [0.4, 0.5) is 0 Å². The van der Waals surface area contributed by atoms with E-state index in [0.29, 0.717) is 23.6 Å². The van der Waals surface area contributed by atoms with Crippen molar-refractivity contribution in [2.75, 3.05) is 7.11 Å². The molecule has 33 heavy (non-hydrogen) atoms. The molecule has 3 aromatic carbocycles. The number of amides is 1. The lowest BCUT2D eigenvalue weighted by molar-refractivity contribution is 0.0950. The quantitative estimate of drug-likeness (QED) is 0.281. The highest BCUT2D eigenvalue weighted by Crippen LogP contribution is 2.25. The Kier molecular flexibility index (Phi) is 6.65. The van der Waals surface area contributed by atoms with Gasteiger partial charge in [-0.05, 0) is 59.7 Å². The number of nitrogens with one attached hydrogen (secondary N) is 2. The predicted octanol–water partition coefficient (Wildman–Crippen LogP) is 4.13. The van der Waals surface area contributed by atoms with Gasteiger partial charge in [-0.1, -0.05) is 30.3 Å². The Balaban J connectivity index is 1.34. The molecule has 1 amide bonds. The van der Waals surface area contributed by atoms with Crippen LogP contribution in [-0.4, -0.2) is 34.5 Å². The van der Waals surface area contributed by atoms with Crippen molar-refractivity contribution in [3.8, 4) is 28.5 Å². The van der Waals surface area contributed by atoms with E-state index >= 15 is 0 Å². The Morgan fingerprint density at radius 2 is 1.88 bits per heavy atom. The van der Waals surface area contributed by atoms with Crippen molar-refractivity contribution in [3.05, 3.63) is 95.7 Å². The molecule has 166 valence electrons. The van der Waals surface area contributed by atoms with Gasteiger partial charge >= 0.3 is 0 Å². The molecule has 0 fully saturated rings. The van der Waals surface area contributed by atoms with E-state index in [4.69, 9.17) is 9.47 Å². The van der Waals surface area contributed by atoms with Crippen LogP contribution < -0.4 is 14.9 Å². The number of hydrogen-bond acceptors (Lipinski definition) is 6. The predicted molar refractivity (Wildman–Crippen MR) is 125 cm³/mol. The highest BCUT2D eigenvalue weighted by atomic mass is 16.5. The zero-order valence-corrected chi connectivity index (χ0v) is 17.9. The Hall–Kier alpha value is -4.59. The minimum absolute atomic E-state index is 0.0273. The minimum Gasteiger partial charge on any atom is -0.504 e. The van der Waals surface area contributed by atoms with E-state index in [2.05, 4.69) is 20.7 Å². The lowest BCUT2D eigenvalue weighted by atomic mass is 10.1. The van der Waals surface area contributed by atoms with Crippen LogP contribution in [0.2, 0.25) is 0 Å². The van der Waals surface area contributed by atoms with Gasteiger partial charge in [0.05, 0.1) is 19.0 Å². The Morgan fingerprint density at radius 3 is 2.64 bits per heavy atom. The van der Waals surface area contributed by atoms with Gasteiger partial charge in [0.25, 0.3) is 5.91 Å². The van der Waals surface area contributed by atoms with Crippen LogP contribution in [0, 0.1) is 0 Å². The van der Waals surface area contributed by atoms with Gasteiger partial charge in [0.15, 0.2) is 11.5 Å². The van der Waals surface area contributed by atoms with Crippen LogP contribution >= 0.6 is 0 Å². The maximum Gasteiger partial charge on any atom is 0.289 e. The minimum atomic E-state index is -0.432. The lowest BCUT2D eigenvalue weighted by Gasteiger charge is -2.06. The highest BCUT2D eigenvalue weighted by Gasteiger charge is 2.11. The molecule has 3 N–H and O–H groups in total. The molecule has 0 aliphatic rings. The van der Waals surface area contributed by atoms with Gasteiger partial charge in [-0.25, -0.2) is 5.43 Å². The topological polar surface area (TPSA) is 109 Å². The van der Waals surface area contributed by atoms with Gasteiger partial charge in [0.2, 0.25) is 0 Å². The van der Waals surface area contributed by atoms with E-state index in [0.717, 1.165) is 16.9 Å². The molecule has 4 rings (SSSR count). The molecule has 1 heterocycles. The summed E-state index contributed by atoms with van der Waals surface area (Å²) in [4.78, 5) is 12.3. The number of hydrogen-bond donors (Lipinski definition) is 3. The maximum absolute atomic E-state index is 12.3. The van der Waals surface area contributed by atoms with Crippen LogP contribution in [0.15, 0.2) is 84.0 Å². The first-order chi connectivity index (χ1) is 16.1. The second-order valence-electron chi connectivity index (χ2n) is 7.10. The van der Waals surface area contributed by atoms with Crippen molar-refractivity contribution in [2.24, 2.45) is 5.10 Å². The number of benzene rings is 3. The number of rotatable bonds is 8. The number of hydrazone groups is 1. The molecule has 8 nitrogen and oxygen atoms in total. The summed E-state index contributed by atoms with van der Waals surface area (Å²) in [6, 6.07) is 23.8. The Bertz CT molecular complexity index is 1250. The number of aromatic nitrogens is 2. The van der Waals surface area contributed by atoms with E-state index < -0.39 is 5.91 Å². The standard InChI is InChI=1S/C25H22N4O4/c1-32-24-13-18(7-12-23(24)30)15-26-29-25(31)22-14-21(27-28-22)19-8-10-20(11-9-19)33-16-17-5-3-2-4-6-17/h2-15,30H,16H2,1H3,(H,27,28)(H,29,31)/b26-15+. The smallest absolute Gasteiger partial charge is 0.289 e. The first kappa shape index (κ1) is 21.6. The second kappa shape index (κ2) is 10.1. The van der Waals surface area contributed by atoms with Crippen molar-refractivity contribution in [1.82, 2.24) is 15.6 Å². The average Bonchev–Trinajstić information content (AvgIpc) is 3.35. The number of carbonyl (C=O) groups is 1. The summed E-state index contributed by atoms with van der Waals surface area (Å²) in [5, 5.41) is 20.5. The third kappa shape index (κ3) is 5.56. The molecule has 0 aliphatic heterocycles. The molecule has 8 heteroatoms. The molecular weight excluding hydrogens is 420 g/mol. The van der Waals surface area contributed by atoms with Gasteiger partial charge in [-0.15, -0.1) is 0 Å². The number of nitrogens with zero attached hydrogens (tertiary/aromatic N) is 2. The molecule has 0 radical (unpaired) electrons. The van der Waals surface area contributed by atoms with E-state index in [1.165, 1.54) is 19.4 Å². The molecular formula is C25H22N4O4. The zero-order chi connectivity index (χ0) is 23.0. The van der Waals surface area contributed by atoms with Crippen LogP contribution in [0.3, 0.4) is 0 Å². The molecule has 0 spiro atoms. The lowest BCUT2D eigenvalue weighted by Crippen LogP contribution is -2.18. The Morgan fingerprint density at radius 1 is 1.09 bits per heavy atom. The summed E-state index contributed by atoms with van der Waals surface area (Å²) in [6.07, 6.45) is 1.45. The number of methoxy groups -OCH3 is 1. The summed E-state index contributed by atoms with van der Waals surface area (Å²) in [7, 11) is 1.46. The van der Waals surface area contributed by atoms with Gasteiger partial charge in [-0.2, -0.15) is 10.2 Å². The highest BCUT2D eigenvalue weighted by molar-refractivity contribution is 5.94. The van der Waals surface area contributed by atoms with Crippen LogP contribution in [0.5, 0.6) is 17.2 Å². The molecule has 0 aliphatic carbocycles. The Labute approximate surface area is 190 Å². The SMILES string of the molecule is COc1cc(/C=N/NC(=O)c2cc(-c3ccc(OCc4ccccc4)cc3)n[nH]2)ccc1O. The fourth-order valence-corrected chi connectivity index (χ4v) is 3.05. The van der Waals surface area contributed by atoms with Crippen molar-refractivity contribution < 1.29 is 19.4 Å². The first-order valence-corrected chi connectivity index (χ1v) is 10.2. The third-order valence-corrected chi connectivity index (χ3v) is 4.80. The maximum atomic E-state index is 12.3. The first-order valence-electron chi connectivity index (χ1n) is 10.2. The van der Waals surface area contributed by atoms with Crippen molar-refractivity contribution >= 4 is 12.1 Å². The zero-order valence-electron chi connectivity index (χ0n) is 17.9. The van der Waals surface area contributed by atoms with E-state index in [1.54, 1.807) is 18.2 Å². The number of phenols is 1. The summed E-state index contributed by atoms with van der Waals surface area (Å²) in [5.41, 5.74) is 5.94. The number of aromatic hydroxyl groups is 1. The van der Waals surface area contributed by atoms with Gasteiger partial charge in [0, 0.05) is 5.56 Å². The summed E-state index contributed by atoms with van der Waals surface area (Å²) >= 11 is 0. The van der Waals surface area contributed by atoms with Crippen LogP contribution in [0.25, 0.3) is 11.3 Å². The molecule has 0 atom stereocenters. The monoisotopic (exact) mass is 442 g/mol. The number of aromatic amines is 1. The summed E-state index contributed by atoms with van der Waals surface area (Å²) < 4.78 is 10.8.